The lowest BCUT2D eigenvalue weighted by atomic mass is 9.93. The van der Waals surface area contributed by atoms with Gasteiger partial charge in [-0.15, -0.1) is 0 Å². The van der Waals surface area contributed by atoms with Crippen LogP contribution in [0.15, 0.2) is 23.2 Å². The predicted molar refractivity (Wildman–Crippen MR) is 123 cm³/mol. The van der Waals surface area contributed by atoms with Crippen molar-refractivity contribution in [3.05, 3.63) is 23.8 Å². The SMILES string of the molecule is CCCOc1ccc(C(C)NC(=NCC(C)(C)C(=O)NC)NCC)cc1OCCC. The molecule has 0 fully saturated rings. The van der Waals surface area contributed by atoms with Gasteiger partial charge in [0.25, 0.3) is 0 Å². The molecule has 0 radical (unpaired) electrons. The topological polar surface area (TPSA) is 84.0 Å². The summed E-state index contributed by atoms with van der Waals surface area (Å²) in [7, 11) is 1.64. The molecule has 0 heterocycles. The van der Waals surface area contributed by atoms with Crippen LogP contribution in [0.1, 0.15) is 66.0 Å². The molecule has 0 bridgehead atoms. The Labute approximate surface area is 182 Å². The smallest absolute Gasteiger partial charge is 0.227 e. The van der Waals surface area contributed by atoms with Crippen molar-refractivity contribution < 1.29 is 14.3 Å². The average Bonchev–Trinajstić information content (AvgIpc) is 2.74. The predicted octanol–water partition coefficient (Wildman–Crippen LogP) is 3.65. The van der Waals surface area contributed by atoms with E-state index in [2.05, 4.69) is 41.7 Å². The zero-order chi connectivity index (χ0) is 22.6. The standard InChI is InChI=1S/C23H40N4O3/c1-8-13-29-19-12-11-18(15-20(19)30-14-9-2)17(4)27-22(25-10-3)26-16-23(5,6)21(28)24-7/h11-12,15,17H,8-10,13-14,16H2,1-7H3,(H,24,28)(H2,25,26,27). The van der Waals surface area contributed by atoms with Gasteiger partial charge in [-0.2, -0.15) is 0 Å². The van der Waals surface area contributed by atoms with Crippen LogP contribution < -0.4 is 25.4 Å². The summed E-state index contributed by atoms with van der Waals surface area (Å²) in [5.41, 5.74) is 0.487. The van der Waals surface area contributed by atoms with Crippen LogP contribution in [0.4, 0.5) is 0 Å². The summed E-state index contributed by atoms with van der Waals surface area (Å²) in [6.45, 7) is 14.4. The Bertz CT molecular complexity index is 689. The number of amides is 1. The van der Waals surface area contributed by atoms with Gasteiger partial charge in [0.1, 0.15) is 0 Å². The van der Waals surface area contributed by atoms with Crippen LogP contribution in [-0.4, -0.2) is 45.2 Å². The fourth-order valence-corrected chi connectivity index (χ4v) is 2.75. The summed E-state index contributed by atoms with van der Waals surface area (Å²) in [5, 5.41) is 9.37. The van der Waals surface area contributed by atoms with Crippen LogP contribution in [0.3, 0.4) is 0 Å². The maximum atomic E-state index is 12.0. The highest BCUT2D eigenvalue weighted by molar-refractivity contribution is 5.83. The van der Waals surface area contributed by atoms with E-state index in [0.717, 1.165) is 36.4 Å². The molecule has 0 aromatic heterocycles. The molecule has 1 aromatic rings. The molecular weight excluding hydrogens is 380 g/mol. The van der Waals surface area contributed by atoms with E-state index >= 15 is 0 Å². The number of carbonyl (C=O) groups excluding carboxylic acids is 1. The zero-order valence-corrected chi connectivity index (χ0v) is 19.7. The van der Waals surface area contributed by atoms with E-state index in [4.69, 9.17) is 9.47 Å². The number of nitrogens with one attached hydrogen (secondary N) is 3. The Balaban J connectivity index is 2.98. The van der Waals surface area contributed by atoms with Gasteiger partial charge in [-0.1, -0.05) is 19.9 Å². The maximum absolute atomic E-state index is 12.0. The fraction of sp³-hybridized carbons (Fsp3) is 0.652. The normalized spacial score (nSPS) is 12.8. The molecule has 1 rings (SSSR count). The number of nitrogens with zero attached hydrogens (tertiary/aromatic N) is 1. The second-order valence-corrected chi connectivity index (χ2v) is 7.93. The van der Waals surface area contributed by atoms with Gasteiger partial charge in [0.2, 0.25) is 5.91 Å². The van der Waals surface area contributed by atoms with Gasteiger partial charge in [0.05, 0.1) is 31.2 Å². The van der Waals surface area contributed by atoms with Crippen LogP contribution in [-0.2, 0) is 4.79 Å². The third-order valence-corrected chi connectivity index (χ3v) is 4.56. The number of hydrogen-bond acceptors (Lipinski definition) is 4. The van der Waals surface area contributed by atoms with E-state index in [1.165, 1.54) is 0 Å². The molecule has 1 aromatic carbocycles. The monoisotopic (exact) mass is 420 g/mol. The first-order valence-corrected chi connectivity index (χ1v) is 11.0. The summed E-state index contributed by atoms with van der Waals surface area (Å²) in [5.74, 6) is 2.17. The van der Waals surface area contributed by atoms with Gasteiger partial charge in [-0.3, -0.25) is 9.79 Å². The van der Waals surface area contributed by atoms with E-state index in [0.29, 0.717) is 25.7 Å². The molecule has 30 heavy (non-hydrogen) atoms. The van der Waals surface area contributed by atoms with E-state index in [1.807, 2.05) is 39.0 Å². The van der Waals surface area contributed by atoms with Crippen LogP contribution >= 0.6 is 0 Å². The van der Waals surface area contributed by atoms with Crippen molar-refractivity contribution in [2.24, 2.45) is 10.4 Å². The number of aliphatic imine (C=N–C) groups is 1. The Morgan fingerprint density at radius 1 is 1.10 bits per heavy atom. The van der Waals surface area contributed by atoms with E-state index in [1.54, 1.807) is 7.05 Å². The minimum absolute atomic E-state index is 0.00452. The molecular formula is C23H40N4O3. The van der Waals surface area contributed by atoms with E-state index in [-0.39, 0.29) is 11.9 Å². The number of ether oxygens (including phenoxy) is 2. The molecule has 7 nitrogen and oxygen atoms in total. The first-order valence-electron chi connectivity index (χ1n) is 11.0. The Morgan fingerprint density at radius 3 is 2.30 bits per heavy atom. The summed E-state index contributed by atoms with van der Waals surface area (Å²) < 4.78 is 11.7. The molecule has 3 N–H and O–H groups in total. The molecule has 0 aliphatic heterocycles. The summed E-state index contributed by atoms with van der Waals surface area (Å²) in [6.07, 6.45) is 1.88. The molecule has 1 amide bonds. The third kappa shape index (κ3) is 8.13. The number of hydrogen-bond donors (Lipinski definition) is 3. The minimum Gasteiger partial charge on any atom is -0.490 e. The van der Waals surface area contributed by atoms with E-state index < -0.39 is 5.41 Å². The van der Waals surface area contributed by atoms with E-state index in [9.17, 15) is 4.79 Å². The average molecular weight is 421 g/mol. The van der Waals surface area contributed by atoms with Crippen molar-refractivity contribution in [3.8, 4) is 11.5 Å². The molecule has 1 atom stereocenters. The van der Waals surface area contributed by atoms with Crippen molar-refractivity contribution in [2.45, 2.75) is 60.4 Å². The largest absolute Gasteiger partial charge is 0.490 e. The van der Waals surface area contributed by atoms with Crippen molar-refractivity contribution in [2.75, 3.05) is 33.4 Å². The van der Waals surface area contributed by atoms with Crippen molar-refractivity contribution in [1.29, 1.82) is 0 Å². The quantitative estimate of drug-likeness (QED) is 0.355. The molecule has 0 aliphatic carbocycles. The van der Waals surface area contributed by atoms with Crippen molar-refractivity contribution in [3.63, 3.8) is 0 Å². The van der Waals surface area contributed by atoms with Crippen molar-refractivity contribution >= 4 is 11.9 Å². The Kier molecular flexibility index (Phi) is 11.1. The molecule has 7 heteroatoms. The fourth-order valence-electron chi connectivity index (χ4n) is 2.75. The maximum Gasteiger partial charge on any atom is 0.227 e. The molecule has 1 unspecified atom stereocenters. The first kappa shape index (κ1) is 25.6. The minimum atomic E-state index is -0.584. The van der Waals surface area contributed by atoms with Gasteiger partial charge in [-0.25, -0.2) is 0 Å². The lowest BCUT2D eigenvalue weighted by Crippen LogP contribution is -2.41. The second kappa shape index (κ2) is 13.0. The lowest BCUT2D eigenvalue weighted by molar-refractivity contribution is -0.128. The first-order chi connectivity index (χ1) is 14.3. The number of guanidine groups is 1. The van der Waals surface area contributed by atoms with Gasteiger partial charge >= 0.3 is 0 Å². The van der Waals surface area contributed by atoms with Crippen LogP contribution in [0.5, 0.6) is 11.5 Å². The lowest BCUT2D eigenvalue weighted by Gasteiger charge is -2.23. The molecule has 0 saturated heterocycles. The van der Waals surface area contributed by atoms with Gasteiger partial charge in [0.15, 0.2) is 17.5 Å². The molecule has 0 spiro atoms. The molecule has 170 valence electrons. The van der Waals surface area contributed by atoms with Gasteiger partial charge in [0, 0.05) is 13.6 Å². The number of benzene rings is 1. The van der Waals surface area contributed by atoms with Crippen LogP contribution in [0, 0.1) is 5.41 Å². The Morgan fingerprint density at radius 2 is 1.73 bits per heavy atom. The third-order valence-electron chi connectivity index (χ3n) is 4.56. The summed E-state index contributed by atoms with van der Waals surface area (Å²) in [6, 6.07) is 6.03. The highest BCUT2D eigenvalue weighted by Gasteiger charge is 2.26. The molecule has 0 aliphatic rings. The molecule has 0 saturated carbocycles. The van der Waals surface area contributed by atoms with Crippen molar-refractivity contribution in [1.82, 2.24) is 16.0 Å². The summed E-state index contributed by atoms with van der Waals surface area (Å²) >= 11 is 0. The van der Waals surface area contributed by atoms with Crippen LogP contribution in [0.2, 0.25) is 0 Å². The Hall–Kier alpha value is -2.44. The summed E-state index contributed by atoms with van der Waals surface area (Å²) in [4.78, 5) is 16.7. The van der Waals surface area contributed by atoms with Crippen LogP contribution in [0.25, 0.3) is 0 Å². The zero-order valence-electron chi connectivity index (χ0n) is 19.7. The van der Waals surface area contributed by atoms with Gasteiger partial charge in [-0.05, 0) is 58.2 Å². The van der Waals surface area contributed by atoms with Gasteiger partial charge < -0.3 is 25.4 Å². The number of rotatable bonds is 12. The highest BCUT2D eigenvalue weighted by atomic mass is 16.5. The highest BCUT2D eigenvalue weighted by Crippen LogP contribution is 2.31. The second-order valence-electron chi connectivity index (χ2n) is 7.93. The number of carbonyl (C=O) groups is 1.